The number of carbonyl (C=O) groups excluding carboxylic acids is 3. The monoisotopic (exact) mass is 505 g/mol. The van der Waals surface area contributed by atoms with Crippen LogP contribution in [0.15, 0.2) is 18.2 Å². The van der Waals surface area contributed by atoms with Crippen molar-refractivity contribution in [1.82, 2.24) is 25.2 Å². The maximum atomic E-state index is 12.6. The van der Waals surface area contributed by atoms with Crippen molar-refractivity contribution in [2.75, 3.05) is 25.1 Å². The maximum absolute atomic E-state index is 12.6. The molecule has 0 saturated carbocycles. The Bertz CT molecular complexity index is 1260. The number of carbonyl (C=O) groups is 3. The summed E-state index contributed by atoms with van der Waals surface area (Å²) in [6, 6.07) is 5.17. The maximum Gasteiger partial charge on any atom is 0.325 e. The van der Waals surface area contributed by atoms with Crippen molar-refractivity contribution in [1.29, 1.82) is 0 Å². The largest absolute Gasteiger partial charge is 0.468 e. The number of ether oxygens (including phenoxy) is 1. The number of nitrogen functional groups attached to an aromatic ring is 2. The van der Waals surface area contributed by atoms with Gasteiger partial charge in [0.05, 0.1) is 20.7 Å². The van der Waals surface area contributed by atoms with Crippen molar-refractivity contribution in [2.24, 2.45) is 7.05 Å². The van der Waals surface area contributed by atoms with Gasteiger partial charge in [0.25, 0.3) is 17.6 Å². The lowest BCUT2D eigenvalue weighted by Gasteiger charge is -2.07. The number of amides is 2. The predicted molar refractivity (Wildman–Crippen MR) is 132 cm³/mol. The fourth-order valence-electron chi connectivity index (χ4n) is 3.37. The molecule has 0 aliphatic carbocycles. The Morgan fingerprint density at radius 3 is 2.43 bits per heavy atom. The van der Waals surface area contributed by atoms with Gasteiger partial charge >= 0.3 is 5.97 Å². The van der Waals surface area contributed by atoms with E-state index in [9.17, 15) is 14.4 Å². The molecule has 12 nitrogen and oxygen atoms in total. The molecule has 0 saturated heterocycles. The molecule has 0 aliphatic heterocycles. The lowest BCUT2D eigenvalue weighted by atomic mass is 10.2. The van der Waals surface area contributed by atoms with Crippen LogP contribution in [0.25, 0.3) is 11.0 Å². The number of fused-ring (bicyclic) bond motifs is 1. The number of aryl methyl sites for hydroxylation is 2. The number of nitrogens with zero attached hydrogens (tertiary/aromatic N) is 4. The van der Waals surface area contributed by atoms with E-state index in [2.05, 4.69) is 25.3 Å². The summed E-state index contributed by atoms with van der Waals surface area (Å²) in [4.78, 5) is 44.1. The zero-order valence-electron chi connectivity index (χ0n) is 20.3. The van der Waals surface area contributed by atoms with Crippen molar-refractivity contribution in [3.63, 3.8) is 0 Å². The van der Waals surface area contributed by atoms with Gasteiger partial charge < -0.3 is 26.8 Å². The summed E-state index contributed by atoms with van der Waals surface area (Å²) in [5, 5.41) is 5.17. The SMILES string of the molecule is CC.CCn1c(CNC(=O)c2nc(Cl)c(N)nc2N)[n+](C)c2ccc(C(=O)NCC(=O)OC)cc21. The molecule has 35 heavy (non-hydrogen) atoms. The van der Waals surface area contributed by atoms with E-state index in [1.165, 1.54) is 7.11 Å². The van der Waals surface area contributed by atoms with Crippen molar-refractivity contribution in [2.45, 2.75) is 33.9 Å². The van der Waals surface area contributed by atoms with Crippen LogP contribution in [0, 0.1) is 0 Å². The molecule has 0 atom stereocenters. The van der Waals surface area contributed by atoms with Crippen LogP contribution in [0.1, 0.15) is 47.4 Å². The van der Waals surface area contributed by atoms with Crippen molar-refractivity contribution < 1.29 is 23.7 Å². The number of hydrogen-bond acceptors (Lipinski definition) is 8. The first kappa shape index (κ1) is 27.3. The third kappa shape index (κ3) is 5.96. The predicted octanol–water partition coefficient (Wildman–Crippen LogP) is 0.953. The zero-order chi connectivity index (χ0) is 26.3. The molecule has 0 aliphatic rings. The van der Waals surface area contributed by atoms with Crippen molar-refractivity contribution in [3.05, 3.63) is 40.4 Å². The number of imidazole rings is 1. The van der Waals surface area contributed by atoms with Gasteiger partial charge in [-0.25, -0.2) is 19.1 Å². The number of nitrogens with one attached hydrogen (secondary N) is 2. The summed E-state index contributed by atoms with van der Waals surface area (Å²) in [5.74, 6) is -0.928. The van der Waals surface area contributed by atoms with Crippen molar-refractivity contribution >= 4 is 52.1 Å². The zero-order valence-corrected chi connectivity index (χ0v) is 21.1. The summed E-state index contributed by atoms with van der Waals surface area (Å²) in [7, 11) is 3.10. The smallest absolute Gasteiger partial charge is 0.325 e. The molecule has 188 valence electrons. The molecule has 3 rings (SSSR count). The molecular formula is C22H30ClN8O4+. The summed E-state index contributed by atoms with van der Waals surface area (Å²) in [6.45, 7) is 6.43. The van der Waals surface area contributed by atoms with E-state index in [1.807, 2.05) is 37.0 Å². The lowest BCUT2D eigenvalue weighted by molar-refractivity contribution is -0.654. The molecule has 0 fully saturated rings. The van der Waals surface area contributed by atoms with Crippen LogP contribution < -0.4 is 26.7 Å². The topological polar surface area (TPSA) is 171 Å². The molecule has 3 aromatic rings. The van der Waals surface area contributed by atoms with Crippen LogP contribution >= 0.6 is 11.6 Å². The van der Waals surface area contributed by atoms with Gasteiger partial charge in [-0.3, -0.25) is 14.4 Å². The summed E-state index contributed by atoms with van der Waals surface area (Å²) in [5.41, 5.74) is 13.2. The minimum Gasteiger partial charge on any atom is -0.468 e. The normalized spacial score (nSPS) is 10.3. The fraction of sp³-hybridized carbons (Fsp3) is 0.364. The standard InChI is InChI=1S/C20H23ClN8O4.C2H6/c1-4-29-12-7-10(19(31)25-9-14(30)33-3)5-6-11(12)28(2)13(29)8-24-20(32)15-17(22)27-18(23)16(21)26-15;1-2/h5-7H,4,8-9H2,1-3H3,(H5-,22,23,24,25,27,31,32);1-2H3/p+1. The molecule has 2 amide bonds. The Balaban J connectivity index is 0.00000210. The van der Waals surface area contributed by atoms with Crippen LogP contribution in [-0.4, -0.2) is 46.0 Å². The average molecular weight is 506 g/mol. The van der Waals surface area contributed by atoms with E-state index in [4.69, 9.17) is 23.1 Å². The highest BCUT2D eigenvalue weighted by Gasteiger charge is 2.25. The Morgan fingerprint density at radius 2 is 1.80 bits per heavy atom. The molecule has 1 aromatic carbocycles. The van der Waals surface area contributed by atoms with Gasteiger partial charge in [0.1, 0.15) is 13.1 Å². The number of benzene rings is 1. The Labute approximate surface area is 207 Å². The number of anilines is 2. The van der Waals surface area contributed by atoms with Gasteiger partial charge in [-0.2, -0.15) is 0 Å². The van der Waals surface area contributed by atoms with E-state index in [1.54, 1.807) is 18.2 Å². The molecular weight excluding hydrogens is 476 g/mol. The number of aromatic nitrogens is 4. The van der Waals surface area contributed by atoms with Crippen LogP contribution in [0.2, 0.25) is 5.15 Å². The van der Waals surface area contributed by atoms with E-state index < -0.39 is 17.8 Å². The summed E-state index contributed by atoms with van der Waals surface area (Å²) < 4.78 is 8.39. The van der Waals surface area contributed by atoms with Gasteiger partial charge in [0.2, 0.25) is 0 Å². The van der Waals surface area contributed by atoms with Crippen LogP contribution in [0.3, 0.4) is 0 Å². The van der Waals surface area contributed by atoms with E-state index >= 15 is 0 Å². The minimum absolute atomic E-state index is 0.0605. The molecule has 0 bridgehead atoms. The Kier molecular flexibility index (Phi) is 9.34. The van der Waals surface area contributed by atoms with E-state index in [0.29, 0.717) is 12.1 Å². The first-order valence-corrected chi connectivity index (χ1v) is 11.3. The number of esters is 1. The first-order valence-electron chi connectivity index (χ1n) is 10.9. The summed E-state index contributed by atoms with van der Waals surface area (Å²) >= 11 is 5.86. The highest BCUT2D eigenvalue weighted by molar-refractivity contribution is 6.31. The van der Waals surface area contributed by atoms with Gasteiger partial charge in [-0.15, -0.1) is 0 Å². The average Bonchev–Trinajstić information content (AvgIpc) is 3.14. The van der Waals surface area contributed by atoms with Gasteiger partial charge in [-0.1, -0.05) is 25.4 Å². The quantitative estimate of drug-likeness (QED) is 0.271. The van der Waals surface area contributed by atoms with Crippen LogP contribution in [0.5, 0.6) is 0 Å². The third-order valence-electron chi connectivity index (χ3n) is 5.05. The van der Waals surface area contributed by atoms with Gasteiger partial charge in [0, 0.05) is 11.6 Å². The van der Waals surface area contributed by atoms with Crippen molar-refractivity contribution in [3.8, 4) is 0 Å². The molecule has 2 aromatic heterocycles. The highest BCUT2D eigenvalue weighted by Crippen LogP contribution is 2.19. The number of hydrogen-bond donors (Lipinski definition) is 4. The fourth-order valence-corrected chi connectivity index (χ4v) is 3.50. The van der Waals surface area contributed by atoms with E-state index in [-0.39, 0.29) is 35.6 Å². The number of halogens is 1. The number of nitrogens with two attached hydrogens (primary N) is 2. The van der Waals surface area contributed by atoms with Gasteiger partial charge in [0.15, 0.2) is 33.5 Å². The second-order valence-electron chi connectivity index (χ2n) is 7.00. The molecule has 2 heterocycles. The second-order valence-corrected chi connectivity index (χ2v) is 7.36. The third-order valence-corrected chi connectivity index (χ3v) is 5.33. The van der Waals surface area contributed by atoms with Gasteiger partial charge in [-0.05, 0) is 19.1 Å². The Morgan fingerprint density at radius 1 is 1.11 bits per heavy atom. The lowest BCUT2D eigenvalue weighted by Crippen LogP contribution is -2.38. The molecule has 0 unspecified atom stereocenters. The molecule has 0 spiro atoms. The second kappa shape index (κ2) is 12.0. The minimum atomic E-state index is -0.558. The summed E-state index contributed by atoms with van der Waals surface area (Å²) in [6.07, 6.45) is 0. The first-order chi connectivity index (χ1) is 16.7. The van der Waals surface area contributed by atoms with Crippen LogP contribution in [0.4, 0.5) is 11.6 Å². The number of rotatable bonds is 7. The molecule has 0 radical (unpaired) electrons. The molecule has 13 heteroatoms. The Hall–Kier alpha value is -3.93. The highest BCUT2D eigenvalue weighted by atomic mass is 35.5. The van der Waals surface area contributed by atoms with Crippen LogP contribution in [-0.2, 0) is 29.7 Å². The number of methoxy groups -OCH3 is 1. The molecule has 6 N–H and O–H groups in total. The van der Waals surface area contributed by atoms with E-state index in [0.717, 1.165) is 16.9 Å².